The number of ether oxygens (including phenoxy) is 1. The van der Waals surface area contributed by atoms with Crippen molar-refractivity contribution in [3.63, 3.8) is 0 Å². The van der Waals surface area contributed by atoms with Crippen LogP contribution >= 0.6 is 11.3 Å². The maximum Gasteiger partial charge on any atom is 0.186 e. The zero-order valence-electron chi connectivity index (χ0n) is 17.8. The van der Waals surface area contributed by atoms with Gasteiger partial charge in [0.2, 0.25) is 0 Å². The highest BCUT2D eigenvalue weighted by molar-refractivity contribution is 7.18. The van der Waals surface area contributed by atoms with Gasteiger partial charge in [0.15, 0.2) is 11.0 Å². The first-order chi connectivity index (χ1) is 15.1. The number of thiazole rings is 1. The monoisotopic (exact) mass is 434 g/mol. The van der Waals surface area contributed by atoms with Crippen molar-refractivity contribution >= 4 is 34.0 Å². The van der Waals surface area contributed by atoms with Crippen LogP contribution in [0.5, 0.6) is 0 Å². The third-order valence-corrected chi connectivity index (χ3v) is 6.68. The standard InChI is InChI=1S/C23H26N6OS/c1-15-6-9-24-21(12-15)28-20-5-3-4-18(27-20)19-13-25-23(31-19)29-10-7-17(8-11-29)22-26-16(2)14-30-22/h3-6,9,12-13,16-17H,7-8,10-11,14H2,1-2H3,(H,24,27,28). The summed E-state index contributed by atoms with van der Waals surface area (Å²) in [5.74, 6) is 2.98. The molecule has 0 aliphatic carbocycles. The van der Waals surface area contributed by atoms with E-state index in [1.54, 1.807) is 17.5 Å². The van der Waals surface area contributed by atoms with Gasteiger partial charge in [0.05, 0.1) is 16.6 Å². The number of aryl methyl sites for hydroxylation is 1. The Morgan fingerprint density at radius 3 is 2.77 bits per heavy atom. The summed E-state index contributed by atoms with van der Waals surface area (Å²) in [5.41, 5.74) is 2.07. The second-order valence-corrected chi connectivity index (χ2v) is 9.16. The molecule has 5 rings (SSSR count). The molecule has 1 atom stereocenters. The summed E-state index contributed by atoms with van der Waals surface area (Å²) in [6, 6.07) is 10.3. The molecule has 3 aromatic rings. The molecule has 0 saturated carbocycles. The zero-order chi connectivity index (χ0) is 21.2. The Hall–Kier alpha value is -3.00. The number of pyridine rings is 2. The molecule has 0 amide bonds. The highest BCUT2D eigenvalue weighted by Crippen LogP contribution is 2.33. The summed E-state index contributed by atoms with van der Waals surface area (Å²) >= 11 is 1.69. The van der Waals surface area contributed by atoms with Crippen molar-refractivity contribution in [1.29, 1.82) is 0 Å². The molecule has 0 spiro atoms. The Balaban J connectivity index is 1.25. The number of aromatic nitrogens is 3. The molecule has 0 bridgehead atoms. The van der Waals surface area contributed by atoms with Gasteiger partial charge in [0, 0.05) is 31.4 Å². The number of anilines is 3. The Morgan fingerprint density at radius 1 is 1.13 bits per heavy atom. The number of hydrogen-bond acceptors (Lipinski definition) is 8. The van der Waals surface area contributed by atoms with Gasteiger partial charge < -0.3 is 15.0 Å². The first-order valence-corrected chi connectivity index (χ1v) is 11.5. The van der Waals surface area contributed by atoms with Gasteiger partial charge in [-0.1, -0.05) is 17.4 Å². The van der Waals surface area contributed by atoms with Crippen molar-refractivity contribution in [2.45, 2.75) is 32.7 Å². The molecule has 0 radical (unpaired) electrons. The molecule has 160 valence electrons. The normalized spacial score (nSPS) is 19.2. The van der Waals surface area contributed by atoms with E-state index in [0.717, 1.165) is 71.3 Å². The summed E-state index contributed by atoms with van der Waals surface area (Å²) in [7, 11) is 0. The number of piperidine rings is 1. The molecule has 1 unspecified atom stereocenters. The number of hydrogen-bond donors (Lipinski definition) is 1. The fraction of sp³-hybridized carbons (Fsp3) is 0.391. The maximum absolute atomic E-state index is 5.77. The molecule has 1 fully saturated rings. The predicted molar refractivity (Wildman–Crippen MR) is 125 cm³/mol. The fourth-order valence-corrected chi connectivity index (χ4v) is 4.88. The highest BCUT2D eigenvalue weighted by atomic mass is 32.1. The Labute approximate surface area is 186 Å². The molecule has 3 aromatic heterocycles. The first-order valence-electron chi connectivity index (χ1n) is 10.7. The van der Waals surface area contributed by atoms with Crippen LogP contribution in [0, 0.1) is 12.8 Å². The lowest BCUT2D eigenvalue weighted by Crippen LogP contribution is -2.36. The molecular formula is C23H26N6OS. The Bertz CT molecular complexity index is 1090. The van der Waals surface area contributed by atoms with Crippen molar-refractivity contribution in [2.75, 3.05) is 29.9 Å². The Kier molecular flexibility index (Phi) is 5.55. The van der Waals surface area contributed by atoms with Crippen LogP contribution in [-0.2, 0) is 4.74 Å². The van der Waals surface area contributed by atoms with Crippen LogP contribution in [0.3, 0.4) is 0 Å². The van der Waals surface area contributed by atoms with E-state index in [0.29, 0.717) is 12.0 Å². The van der Waals surface area contributed by atoms with Crippen molar-refractivity contribution in [3.05, 3.63) is 48.3 Å². The van der Waals surface area contributed by atoms with Gasteiger partial charge >= 0.3 is 0 Å². The van der Waals surface area contributed by atoms with Crippen molar-refractivity contribution in [1.82, 2.24) is 15.0 Å². The van der Waals surface area contributed by atoms with Gasteiger partial charge in [-0.2, -0.15) is 0 Å². The van der Waals surface area contributed by atoms with Crippen molar-refractivity contribution in [2.24, 2.45) is 10.9 Å². The molecule has 2 aliphatic rings. The molecule has 1 N–H and O–H groups in total. The summed E-state index contributed by atoms with van der Waals surface area (Å²) < 4.78 is 5.77. The third kappa shape index (κ3) is 4.54. The number of rotatable bonds is 5. The molecule has 7 nitrogen and oxygen atoms in total. The predicted octanol–water partition coefficient (Wildman–Crippen LogP) is 4.69. The lowest BCUT2D eigenvalue weighted by molar-refractivity contribution is 0.292. The lowest BCUT2D eigenvalue weighted by atomic mass is 9.97. The smallest absolute Gasteiger partial charge is 0.186 e. The second-order valence-electron chi connectivity index (χ2n) is 8.15. The van der Waals surface area contributed by atoms with Crippen molar-refractivity contribution in [3.8, 4) is 10.6 Å². The minimum absolute atomic E-state index is 0.300. The summed E-state index contributed by atoms with van der Waals surface area (Å²) in [6.07, 6.45) is 5.84. The lowest BCUT2D eigenvalue weighted by Gasteiger charge is -2.31. The number of aliphatic imine (C=N–C) groups is 1. The maximum atomic E-state index is 5.77. The van der Waals surface area contributed by atoms with Gasteiger partial charge in [-0.15, -0.1) is 0 Å². The quantitative estimate of drug-likeness (QED) is 0.628. The van der Waals surface area contributed by atoms with Gasteiger partial charge in [-0.05, 0) is 56.5 Å². The zero-order valence-corrected chi connectivity index (χ0v) is 18.6. The van der Waals surface area contributed by atoms with Gasteiger partial charge in [0.1, 0.15) is 18.2 Å². The third-order valence-electron chi connectivity index (χ3n) is 5.60. The van der Waals surface area contributed by atoms with Crippen LogP contribution in [0.25, 0.3) is 10.6 Å². The van der Waals surface area contributed by atoms with E-state index in [1.807, 2.05) is 43.5 Å². The van der Waals surface area contributed by atoms with Crippen LogP contribution in [-0.4, -0.2) is 46.6 Å². The van der Waals surface area contributed by atoms with Crippen LogP contribution < -0.4 is 10.2 Å². The average Bonchev–Trinajstić information content (AvgIpc) is 3.44. The summed E-state index contributed by atoms with van der Waals surface area (Å²) in [5, 5.41) is 4.34. The van der Waals surface area contributed by atoms with Crippen LogP contribution in [0.1, 0.15) is 25.3 Å². The molecular weight excluding hydrogens is 408 g/mol. The van der Waals surface area contributed by atoms with Crippen LogP contribution in [0.15, 0.2) is 47.7 Å². The average molecular weight is 435 g/mol. The topological polar surface area (TPSA) is 75.5 Å². The highest BCUT2D eigenvalue weighted by Gasteiger charge is 2.29. The largest absolute Gasteiger partial charge is 0.479 e. The number of nitrogens with zero attached hydrogens (tertiary/aromatic N) is 5. The summed E-state index contributed by atoms with van der Waals surface area (Å²) in [4.78, 5) is 21.9. The van der Waals surface area contributed by atoms with E-state index < -0.39 is 0 Å². The van der Waals surface area contributed by atoms with E-state index in [-0.39, 0.29) is 0 Å². The minimum Gasteiger partial charge on any atom is -0.479 e. The van der Waals surface area contributed by atoms with E-state index >= 15 is 0 Å². The van der Waals surface area contributed by atoms with E-state index in [2.05, 4.69) is 32.1 Å². The minimum atomic E-state index is 0.300. The molecule has 5 heterocycles. The summed E-state index contributed by atoms with van der Waals surface area (Å²) in [6.45, 7) is 6.83. The second kappa shape index (κ2) is 8.63. The van der Waals surface area contributed by atoms with Crippen LogP contribution in [0.2, 0.25) is 0 Å². The Morgan fingerprint density at radius 2 is 2.00 bits per heavy atom. The van der Waals surface area contributed by atoms with E-state index in [4.69, 9.17) is 9.72 Å². The van der Waals surface area contributed by atoms with Gasteiger partial charge in [-0.25, -0.2) is 19.9 Å². The number of nitrogens with one attached hydrogen (secondary N) is 1. The van der Waals surface area contributed by atoms with Gasteiger partial charge in [-0.3, -0.25) is 0 Å². The first kappa shape index (κ1) is 19.9. The van der Waals surface area contributed by atoms with Gasteiger partial charge in [0.25, 0.3) is 0 Å². The molecule has 31 heavy (non-hydrogen) atoms. The van der Waals surface area contributed by atoms with E-state index in [9.17, 15) is 0 Å². The van der Waals surface area contributed by atoms with Crippen LogP contribution in [0.4, 0.5) is 16.8 Å². The van der Waals surface area contributed by atoms with E-state index in [1.165, 1.54) is 0 Å². The SMILES string of the molecule is Cc1ccnc(Nc2cccc(-c3cnc(N4CCC(C5=NC(C)CO5)CC4)s3)n2)c1. The molecule has 2 aliphatic heterocycles. The molecule has 1 saturated heterocycles. The van der Waals surface area contributed by atoms with Crippen molar-refractivity contribution < 1.29 is 4.74 Å². The molecule has 8 heteroatoms. The fourth-order valence-electron chi connectivity index (χ4n) is 3.95. The molecule has 0 aromatic carbocycles.